The van der Waals surface area contributed by atoms with E-state index in [2.05, 4.69) is 21.5 Å². The van der Waals surface area contributed by atoms with Crippen molar-refractivity contribution in [3.05, 3.63) is 66.4 Å². The van der Waals surface area contributed by atoms with Crippen molar-refractivity contribution in [3.8, 4) is 11.8 Å². The summed E-state index contributed by atoms with van der Waals surface area (Å²) in [5, 5.41) is 0.753. The molecular weight excluding hydrogens is 390 g/mol. The van der Waals surface area contributed by atoms with Gasteiger partial charge in [0.25, 0.3) is 0 Å². The van der Waals surface area contributed by atoms with E-state index in [9.17, 15) is 13.2 Å². The Morgan fingerprint density at radius 2 is 1.90 bits per heavy atom. The number of carbonyl (C=O) groups is 1. The number of rotatable bonds is 4. The summed E-state index contributed by atoms with van der Waals surface area (Å²) in [6.07, 6.45) is 1.20. The van der Waals surface area contributed by atoms with Gasteiger partial charge < -0.3 is 4.74 Å². The standard InChI is InChI=1S/C21H17N3O4S/c25-21-24(14-15-28-21)18-10-8-16(9-11-18)4-2-13-23-29(26,27)19-7-1-5-17-6-3-12-22-20(17)19/h1,3,5-12,23H,13-15H2. The molecule has 1 saturated heterocycles. The van der Waals surface area contributed by atoms with Crippen LogP contribution in [0, 0.1) is 11.8 Å². The molecule has 0 bridgehead atoms. The van der Waals surface area contributed by atoms with Crippen LogP contribution in [0.1, 0.15) is 5.56 Å². The van der Waals surface area contributed by atoms with Gasteiger partial charge in [0.15, 0.2) is 0 Å². The van der Waals surface area contributed by atoms with Crippen LogP contribution in [0.25, 0.3) is 10.9 Å². The van der Waals surface area contributed by atoms with E-state index in [1.807, 2.05) is 12.1 Å². The molecule has 8 heteroatoms. The van der Waals surface area contributed by atoms with Crippen LogP contribution in [0.5, 0.6) is 0 Å². The van der Waals surface area contributed by atoms with Crippen molar-refractivity contribution in [3.63, 3.8) is 0 Å². The van der Waals surface area contributed by atoms with Gasteiger partial charge in [-0.05, 0) is 36.4 Å². The second-order valence-corrected chi connectivity index (χ2v) is 8.01. The van der Waals surface area contributed by atoms with E-state index < -0.39 is 10.0 Å². The highest BCUT2D eigenvalue weighted by atomic mass is 32.2. The minimum Gasteiger partial charge on any atom is -0.447 e. The van der Waals surface area contributed by atoms with Crippen LogP contribution < -0.4 is 9.62 Å². The molecule has 1 amide bonds. The molecule has 0 spiro atoms. The van der Waals surface area contributed by atoms with Gasteiger partial charge in [0.2, 0.25) is 10.0 Å². The summed E-state index contributed by atoms with van der Waals surface area (Å²) in [7, 11) is -3.74. The third-order valence-electron chi connectivity index (χ3n) is 4.41. The van der Waals surface area contributed by atoms with Gasteiger partial charge in [0, 0.05) is 22.8 Å². The fraction of sp³-hybridized carbons (Fsp3) is 0.143. The Labute approximate surface area is 168 Å². The van der Waals surface area contributed by atoms with Crippen molar-refractivity contribution in [2.75, 3.05) is 24.6 Å². The van der Waals surface area contributed by atoms with Crippen molar-refractivity contribution in [2.45, 2.75) is 4.90 Å². The number of cyclic esters (lactones) is 1. The molecule has 1 N–H and O–H groups in total. The zero-order valence-electron chi connectivity index (χ0n) is 15.3. The first-order chi connectivity index (χ1) is 14.0. The number of fused-ring (bicyclic) bond motifs is 1. The molecule has 0 saturated carbocycles. The number of hydrogen-bond acceptors (Lipinski definition) is 5. The number of carbonyl (C=O) groups excluding carboxylic acids is 1. The normalized spacial score (nSPS) is 13.8. The average molecular weight is 407 g/mol. The molecule has 0 unspecified atom stereocenters. The topological polar surface area (TPSA) is 88.6 Å². The number of amides is 1. The number of benzene rings is 2. The summed E-state index contributed by atoms with van der Waals surface area (Å²) in [5.41, 5.74) is 1.88. The number of anilines is 1. The molecule has 0 radical (unpaired) electrons. The lowest BCUT2D eigenvalue weighted by Crippen LogP contribution is -2.24. The predicted molar refractivity (Wildman–Crippen MR) is 109 cm³/mol. The summed E-state index contributed by atoms with van der Waals surface area (Å²) >= 11 is 0. The Hall–Kier alpha value is -3.41. The van der Waals surface area contributed by atoms with E-state index in [1.165, 1.54) is 6.07 Å². The predicted octanol–water partition coefficient (Wildman–Crippen LogP) is 2.52. The summed E-state index contributed by atoms with van der Waals surface area (Å²) in [5.74, 6) is 5.72. The number of pyridine rings is 1. The van der Waals surface area contributed by atoms with E-state index in [0.717, 1.165) is 11.1 Å². The lowest BCUT2D eigenvalue weighted by Gasteiger charge is -2.11. The quantitative estimate of drug-likeness (QED) is 0.672. The number of nitrogens with one attached hydrogen (secondary N) is 1. The molecule has 1 aliphatic heterocycles. The molecule has 29 heavy (non-hydrogen) atoms. The molecule has 2 aromatic carbocycles. The second-order valence-electron chi connectivity index (χ2n) is 6.27. The maximum Gasteiger partial charge on any atom is 0.414 e. The maximum atomic E-state index is 12.6. The Bertz CT molecular complexity index is 1220. The van der Waals surface area contributed by atoms with Gasteiger partial charge in [-0.15, -0.1) is 0 Å². The minimum absolute atomic E-state index is 0.0360. The van der Waals surface area contributed by atoms with E-state index in [1.54, 1.807) is 47.5 Å². The van der Waals surface area contributed by atoms with Gasteiger partial charge in [-0.25, -0.2) is 13.2 Å². The molecule has 2 heterocycles. The Balaban J connectivity index is 1.44. The van der Waals surface area contributed by atoms with Crippen molar-refractivity contribution >= 4 is 32.7 Å². The Morgan fingerprint density at radius 1 is 1.10 bits per heavy atom. The molecule has 4 rings (SSSR count). The molecule has 1 aliphatic rings. The first-order valence-corrected chi connectivity index (χ1v) is 10.4. The lowest BCUT2D eigenvalue weighted by molar-refractivity contribution is 0.181. The zero-order valence-corrected chi connectivity index (χ0v) is 16.1. The minimum atomic E-state index is -3.74. The molecular formula is C21H17N3O4S. The van der Waals surface area contributed by atoms with Crippen LogP contribution in [0.2, 0.25) is 0 Å². The van der Waals surface area contributed by atoms with Gasteiger partial charge in [-0.1, -0.05) is 30.0 Å². The smallest absolute Gasteiger partial charge is 0.414 e. The van der Waals surface area contributed by atoms with Gasteiger partial charge in [0.05, 0.1) is 18.6 Å². The highest BCUT2D eigenvalue weighted by Gasteiger charge is 2.23. The summed E-state index contributed by atoms with van der Waals surface area (Å²) < 4.78 is 32.6. The van der Waals surface area contributed by atoms with Gasteiger partial charge in [0.1, 0.15) is 11.5 Å². The van der Waals surface area contributed by atoms with Crippen LogP contribution in [0.3, 0.4) is 0 Å². The summed E-state index contributed by atoms with van der Waals surface area (Å²) in [4.78, 5) is 17.4. The zero-order chi connectivity index (χ0) is 20.3. The van der Waals surface area contributed by atoms with E-state index in [-0.39, 0.29) is 17.5 Å². The van der Waals surface area contributed by atoms with Crippen molar-refractivity contribution in [2.24, 2.45) is 0 Å². The number of nitrogens with zero attached hydrogens (tertiary/aromatic N) is 2. The molecule has 0 atom stereocenters. The summed E-state index contributed by atoms with van der Waals surface area (Å²) in [6, 6.07) is 15.7. The van der Waals surface area contributed by atoms with Crippen LogP contribution in [0.4, 0.5) is 10.5 Å². The highest BCUT2D eigenvalue weighted by Crippen LogP contribution is 2.20. The highest BCUT2D eigenvalue weighted by molar-refractivity contribution is 7.89. The van der Waals surface area contributed by atoms with E-state index in [4.69, 9.17) is 4.74 Å². The van der Waals surface area contributed by atoms with Gasteiger partial charge in [-0.3, -0.25) is 9.88 Å². The van der Waals surface area contributed by atoms with Crippen LogP contribution in [0.15, 0.2) is 65.7 Å². The number of para-hydroxylation sites is 1. The number of hydrogen-bond donors (Lipinski definition) is 1. The third-order valence-corrected chi connectivity index (χ3v) is 5.84. The van der Waals surface area contributed by atoms with Crippen LogP contribution >= 0.6 is 0 Å². The molecule has 146 valence electrons. The second kappa shape index (κ2) is 7.91. The fourth-order valence-electron chi connectivity index (χ4n) is 3.00. The first kappa shape index (κ1) is 18.9. The largest absolute Gasteiger partial charge is 0.447 e. The monoisotopic (exact) mass is 407 g/mol. The molecule has 1 aromatic heterocycles. The number of aromatic nitrogens is 1. The Kier molecular flexibility index (Phi) is 5.16. The molecule has 1 fully saturated rings. The maximum absolute atomic E-state index is 12.6. The lowest BCUT2D eigenvalue weighted by atomic mass is 10.2. The Morgan fingerprint density at radius 3 is 2.66 bits per heavy atom. The molecule has 3 aromatic rings. The first-order valence-electron chi connectivity index (χ1n) is 8.91. The van der Waals surface area contributed by atoms with Crippen molar-refractivity contribution < 1.29 is 17.9 Å². The summed E-state index contributed by atoms with van der Waals surface area (Å²) in [6.45, 7) is 0.868. The van der Waals surface area contributed by atoms with Crippen molar-refractivity contribution in [1.29, 1.82) is 0 Å². The van der Waals surface area contributed by atoms with Crippen LogP contribution in [-0.2, 0) is 14.8 Å². The van der Waals surface area contributed by atoms with Gasteiger partial charge >= 0.3 is 6.09 Å². The SMILES string of the molecule is O=C1OCCN1c1ccc(C#CCNS(=O)(=O)c2cccc3cccnc23)cc1. The fourth-order valence-corrected chi connectivity index (χ4v) is 4.10. The average Bonchev–Trinajstić information content (AvgIpc) is 3.17. The molecule has 0 aliphatic carbocycles. The van der Waals surface area contributed by atoms with Crippen LogP contribution in [-0.4, -0.2) is 39.2 Å². The van der Waals surface area contributed by atoms with E-state index in [0.29, 0.717) is 24.2 Å². The van der Waals surface area contributed by atoms with Crippen molar-refractivity contribution in [1.82, 2.24) is 9.71 Å². The number of ether oxygens (including phenoxy) is 1. The molecule has 7 nitrogen and oxygen atoms in total. The van der Waals surface area contributed by atoms with Gasteiger partial charge in [-0.2, -0.15) is 4.72 Å². The van der Waals surface area contributed by atoms with E-state index >= 15 is 0 Å². The number of sulfonamides is 1. The third kappa shape index (κ3) is 4.06.